The predicted molar refractivity (Wildman–Crippen MR) is 38.0 cm³/mol. The third-order valence-corrected chi connectivity index (χ3v) is 0.839. The Kier molecular flexibility index (Phi) is 4.81. The average molecular weight is 158 g/mol. The topological polar surface area (TPSA) is 63.6 Å². The van der Waals surface area contributed by atoms with E-state index in [2.05, 4.69) is 4.74 Å². The minimum atomic E-state index is -0.574. The number of hydrogen-bond acceptors (Lipinski definition) is 4. The smallest absolute Gasteiger partial charge is 0.313 e. The molecule has 0 heterocycles. The summed E-state index contributed by atoms with van der Waals surface area (Å²) < 4.78 is 4.49. The van der Waals surface area contributed by atoms with E-state index in [1.54, 1.807) is 0 Å². The van der Waals surface area contributed by atoms with Crippen LogP contribution in [0.1, 0.15) is 13.3 Å². The normalized spacial score (nSPS) is 9.91. The van der Waals surface area contributed by atoms with Gasteiger partial charge >= 0.3 is 5.97 Å². The highest BCUT2D eigenvalue weighted by Gasteiger charge is 2.03. The second-order valence-corrected chi connectivity index (χ2v) is 1.95. The van der Waals surface area contributed by atoms with Crippen molar-refractivity contribution in [2.75, 3.05) is 6.61 Å². The first-order valence-corrected chi connectivity index (χ1v) is 3.11. The van der Waals surface area contributed by atoms with Gasteiger partial charge < -0.3 is 9.84 Å². The van der Waals surface area contributed by atoms with Crippen LogP contribution in [0.5, 0.6) is 0 Å². The Balaban J connectivity index is 3.45. The van der Waals surface area contributed by atoms with Crippen molar-refractivity contribution in [2.45, 2.75) is 13.3 Å². The van der Waals surface area contributed by atoms with Gasteiger partial charge in [0.1, 0.15) is 18.8 Å². The van der Waals surface area contributed by atoms with Crippen LogP contribution in [0.3, 0.4) is 0 Å². The van der Waals surface area contributed by atoms with Gasteiger partial charge in [-0.3, -0.25) is 9.59 Å². The lowest BCUT2D eigenvalue weighted by Gasteiger charge is -1.97. The van der Waals surface area contributed by atoms with Crippen LogP contribution in [0.2, 0.25) is 0 Å². The first-order chi connectivity index (χ1) is 5.16. The van der Waals surface area contributed by atoms with Gasteiger partial charge in [-0.25, -0.2) is 0 Å². The van der Waals surface area contributed by atoms with Crippen molar-refractivity contribution >= 4 is 11.8 Å². The van der Waals surface area contributed by atoms with E-state index >= 15 is 0 Å². The summed E-state index contributed by atoms with van der Waals surface area (Å²) in [5.74, 6) is -0.807. The van der Waals surface area contributed by atoms with Crippen molar-refractivity contribution in [3.63, 3.8) is 0 Å². The number of carbonyl (C=O) groups excluding carboxylic acids is 2. The van der Waals surface area contributed by atoms with E-state index in [9.17, 15) is 9.59 Å². The third kappa shape index (κ3) is 6.57. The SMILES string of the molecule is CC(=O)CC(=O)OCC=CO. The highest BCUT2D eigenvalue weighted by atomic mass is 16.5. The van der Waals surface area contributed by atoms with E-state index in [1.165, 1.54) is 13.0 Å². The standard InChI is InChI=1S/C7H10O4/c1-6(9)5-7(10)11-4-2-3-8/h2-3,8H,4-5H2,1H3. The molecule has 4 heteroatoms. The molecule has 0 amide bonds. The Labute approximate surface area is 64.5 Å². The molecule has 0 bridgehead atoms. The number of ether oxygens (including phenoxy) is 1. The summed E-state index contributed by atoms with van der Waals surface area (Å²) in [6.45, 7) is 1.31. The van der Waals surface area contributed by atoms with Gasteiger partial charge in [0.2, 0.25) is 0 Å². The van der Waals surface area contributed by atoms with Gasteiger partial charge in [-0.05, 0) is 13.0 Å². The minimum absolute atomic E-state index is 0.00259. The second kappa shape index (κ2) is 5.46. The van der Waals surface area contributed by atoms with Crippen molar-refractivity contribution in [1.29, 1.82) is 0 Å². The number of aliphatic hydroxyl groups is 1. The van der Waals surface area contributed by atoms with Crippen molar-refractivity contribution in [2.24, 2.45) is 0 Å². The zero-order chi connectivity index (χ0) is 8.69. The van der Waals surface area contributed by atoms with E-state index in [1.807, 2.05) is 0 Å². The monoisotopic (exact) mass is 158 g/mol. The number of carbonyl (C=O) groups is 2. The molecule has 0 saturated heterocycles. The van der Waals surface area contributed by atoms with E-state index < -0.39 is 5.97 Å². The summed E-state index contributed by atoms with van der Waals surface area (Å²) in [4.78, 5) is 20.9. The van der Waals surface area contributed by atoms with Crippen molar-refractivity contribution in [1.82, 2.24) is 0 Å². The van der Waals surface area contributed by atoms with Crippen LogP contribution in [-0.2, 0) is 14.3 Å². The molecule has 1 N–H and O–H groups in total. The zero-order valence-electron chi connectivity index (χ0n) is 6.24. The fourth-order valence-corrected chi connectivity index (χ4v) is 0.438. The first-order valence-electron chi connectivity index (χ1n) is 3.11. The average Bonchev–Trinajstić information content (AvgIpc) is 1.86. The molecule has 4 nitrogen and oxygen atoms in total. The van der Waals surface area contributed by atoms with Gasteiger partial charge in [-0.2, -0.15) is 0 Å². The fraction of sp³-hybridized carbons (Fsp3) is 0.429. The van der Waals surface area contributed by atoms with Gasteiger partial charge in [0.25, 0.3) is 0 Å². The van der Waals surface area contributed by atoms with Gasteiger partial charge in [-0.1, -0.05) is 0 Å². The van der Waals surface area contributed by atoms with E-state index in [4.69, 9.17) is 5.11 Å². The van der Waals surface area contributed by atoms with E-state index in [-0.39, 0.29) is 18.8 Å². The zero-order valence-corrected chi connectivity index (χ0v) is 6.24. The lowest BCUT2D eigenvalue weighted by molar-refractivity contribution is -0.144. The van der Waals surface area contributed by atoms with Crippen molar-refractivity contribution < 1.29 is 19.4 Å². The van der Waals surface area contributed by atoms with Crippen molar-refractivity contribution in [3.8, 4) is 0 Å². The summed E-state index contributed by atoms with van der Waals surface area (Å²) in [7, 11) is 0. The molecular formula is C7H10O4. The molecule has 62 valence electrons. The van der Waals surface area contributed by atoms with Gasteiger partial charge in [0.15, 0.2) is 0 Å². The molecule has 0 spiro atoms. The molecule has 0 aliphatic heterocycles. The number of rotatable bonds is 4. The van der Waals surface area contributed by atoms with Crippen LogP contribution < -0.4 is 0 Å². The molecule has 0 aliphatic rings. The number of esters is 1. The third-order valence-electron chi connectivity index (χ3n) is 0.839. The second-order valence-electron chi connectivity index (χ2n) is 1.95. The maximum absolute atomic E-state index is 10.6. The number of hydrogen-bond donors (Lipinski definition) is 1. The molecule has 0 radical (unpaired) electrons. The molecule has 0 unspecified atom stereocenters. The number of aliphatic hydroxyl groups excluding tert-OH is 1. The number of Topliss-reactive ketones (excluding diaryl/α,β-unsaturated/α-hetero) is 1. The molecule has 0 aliphatic carbocycles. The van der Waals surface area contributed by atoms with Gasteiger partial charge in [-0.15, -0.1) is 0 Å². The van der Waals surface area contributed by atoms with Crippen molar-refractivity contribution in [3.05, 3.63) is 12.3 Å². The molecule has 0 rings (SSSR count). The summed E-state index contributed by atoms with van der Waals surface area (Å²) >= 11 is 0. The highest BCUT2D eigenvalue weighted by molar-refractivity contribution is 5.94. The Bertz CT molecular complexity index is 171. The van der Waals surface area contributed by atoms with Gasteiger partial charge in [0.05, 0.1) is 6.26 Å². The quantitative estimate of drug-likeness (QED) is 0.369. The Morgan fingerprint density at radius 3 is 2.64 bits per heavy atom. The summed E-state index contributed by atoms with van der Waals surface area (Å²) in [5, 5.41) is 8.12. The number of ketones is 1. The van der Waals surface area contributed by atoms with Crippen LogP contribution >= 0.6 is 0 Å². The maximum Gasteiger partial charge on any atom is 0.313 e. The minimum Gasteiger partial charge on any atom is -0.516 e. The van der Waals surface area contributed by atoms with Crippen LogP contribution in [0.25, 0.3) is 0 Å². The maximum atomic E-state index is 10.6. The fourth-order valence-electron chi connectivity index (χ4n) is 0.438. The molecule has 0 fully saturated rings. The molecule has 11 heavy (non-hydrogen) atoms. The van der Waals surface area contributed by atoms with Crippen LogP contribution in [-0.4, -0.2) is 23.5 Å². The Morgan fingerprint density at radius 1 is 1.55 bits per heavy atom. The Hall–Kier alpha value is -1.32. The lowest BCUT2D eigenvalue weighted by atomic mass is 10.3. The van der Waals surface area contributed by atoms with Gasteiger partial charge in [0, 0.05) is 0 Å². The largest absolute Gasteiger partial charge is 0.516 e. The summed E-state index contributed by atoms with van der Waals surface area (Å²) in [5.41, 5.74) is 0. The Morgan fingerprint density at radius 2 is 2.18 bits per heavy atom. The van der Waals surface area contributed by atoms with Crippen LogP contribution in [0, 0.1) is 0 Å². The molecule has 0 aromatic heterocycles. The molecule has 0 saturated carbocycles. The van der Waals surface area contributed by atoms with E-state index in [0.717, 1.165) is 6.26 Å². The molecule has 0 aromatic carbocycles. The summed E-state index contributed by atoms with van der Waals surface area (Å²) in [6.07, 6.45) is 1.83. The first kappa shape index (κ1) is 9.68. The molecular weight excluding hydrogens is 148 g/mol. The molecule has 0 atom stereocenters. The summed E-state index contributed by atoms with van der Waals surface area (Å²) in [6, 6.07) is 0. The van der Waals surface area contributed by atoms with Crippen LogP contribution in [0.4, 0.5) is 0 Å². The highest BCUT2D eigenvalue weighted by Crippen LogP contribution is 1.87. The van der Waals surface area contributed by atoms with Crippen LogP contribution in [0.15, 0.2) is 12.3 Å². The van der Waals surface area contributed by atoms with E-state index in [0.29, 0.717) is 0 Å². The predicted octanol–water partition coefficient (Wildman–Crippen LogP) is 0.580. The molecule has 0 aromatic rings. The lowest BCUT2D eigenvalue weighted by Crippen LogP contribution is -2.08.